The Morgan fingerprint density at radius 3 is 2.03 bits per heavy atom. The molecule has 0 aliphatic heterocycles. The highest BCUT2D eigenvalue weighted by molar-refractivity contribution is 5.99. The first-order valence-electron chi connectivity index (χ1n) is 11.6. The SMILES string of the molecule is CCCCCCCCCCCCOC(=O)C(NC(=O)c1ccccc1OC)C(C)C. The third-order valence-corrected chi connectivity index (χ3v) is 5.30. The topological polar surface area (TPSA) is 64.6 Å². The Labute approximate surface area is 182 Å². The zero-order valence-corrected chi connectivity index (χ0v) is 19.4. The molecule has 0 saturated heterocycles. The van der Waals surface area contributed by atoms with Crippen LogP contribution in [-0.4, -0.2) is 31.6 Å². The fourth-order valence-corrected chi connectivity index (χ4v) is 3.40. The van der Waals surface area contributed by atoms with E-state index in [9.17, 15) is 9.59 Å². The second kappa shape index (κ2) is 15.8. The predicted molar refractivity (Wildman–Crippen MR) is 122 cm³/mol. The van der Waals surface area contributed by atoms with Gasteiger partial charge in [0.05, 0.1) is 19.3 Å². The zero-order valence-electron chi connectivity index (χ0n) is 19.4. The molecular formula is C25H41NO4. The van der Waals surface area contributed by atoms with E-state index in [0.717, 1.165) is 12.8 Å². The molecule has 1 N–H and O–H groups in total. The molecule has 0 radical (unpaired) electrons. The maximum Gasteiger partial charge on any atom is 0.328 e. The van der Waals surface area contributed by atoms with Crippen molar-refractivity contribution in [2.45, 2.75) is 91.0 Å². The third kappa shape index (κ3) is 10.1. The summed E-state index contributed by atoms with van der Waals surface area (Å²) in [5.74, 6) is -0.286. The number of hydrogen-bond donors (Lipinski definition) is 1. The average molecular weight is 420 g/mol. The smallest absolute Gasteiger partial charge is 0.328 e. The molecule has 1 unspecified atom stereocenters. The molecule has 0 aromatic heterocycles. The third-order valence-electron chi connectivity index (χ3n) is 5.30. The fourth-order valence-electron chi connectivity index (χ4n) is 3.40. The van der Waals surface area contributed by atoms with Gasteiger partial charge < -0.3 is 14.8 Å². The first-order valence-corrected chi connectivity index (χ1v) is 11.6. The lowest BCUT2D eigenvalue weighted by molar-refractivity contribution is -0.147. The lowest BCUT2D eigenvalue weighted by Gasteiger charge is -2.21. The average Bonchev–Trinajstić information content (AvgIpc) is 2.75. The molecule has 1 aromatic rings. The van der Waals surface area contributed by atoms with Gasteiger partial charge in [-0.1, -0.05) is 90.7 Å². The number of amides is 1. The number of benzene rings is 1. The number of esters is 1. The number of nitrogens with one attached hydrogen (secondary N) is 1. The molecule has 1 atom stereocenters. The predicted octanol–water partition coefficient (Wildman–Crippen LogP) is 5.91. The van der Waals surface area contributed by atoms with E-state index in [4.69, 9.17) is 9.47 Å². The van der Waals surface area contributed by atoms with Crippen molar-refractivity contribution < 1.29 is 19.1 Å². The summed E-state index contributed by atoms with van der Waals surface area (Å²) in [6.45, 7) is 6.44. The number of hydrogen-bond acceptors (Lipinski definition) is 4. The van der Waals surface area contributed by atoms with Crippen LogP contribution in [0.25, 0.3) is 0 Å². The van der Waals surface area contributed by atoms with Crippen molar-refractivity contribution in [3.8, 4) is 5.75 Å². The van der Waals surface area contributed by atoms with Crippen molar-refractivity contribution in [2.24, 2.45) is 5.92 Å². The first kappa shape index (κ1) is 26.0. The van der Waals surface area contributed by atoms with E-state index in [2.05, 4.69) is 12.2 Å². The summed E-state index contributed by atoms with van der Waals surface area (Å²) < 4.78 is 10.7. The van der Waals surface area contributed by atoms with Crippen LogP contribution in [0.4, 0.5) is 0 Å². The van der Waals surface area contributed by atoms with Crippen molar-refractivity contribution in [1.82, 2.24) is 5.32 Å². The van der Waals surface area contributed by atoms with Gasteiger partial charge in [0.2, 0.25) is 0 Å². The Balaban J connectivity index is 2.30. The van der Waals surface area contributed by atoms with E-state index in [1.54, 1.807) is 24.3 Å². The van der Waals surface area contributed by atoms with Gasteiger partial charge in [-0.15, -0.1) is 0 Å². The molecule has 0 aliphatic carbocycles. The molecule has 5 nitrogen and oxygen atoms in total. The maximum atomic E-state index is 12.6. The van der Waals surface area contributed by atoms with Crippen molar-refractivity contribution in [3.05, 3.63) is 29.8 Å². The van der Waals surface area contributed by atoms with Crippen LogP contribution in [0, 0.1) is 5.92 Å². The fraction of sp³-hybridized carbons (Fsp3) is 0.680. The van der Waals surface area contributed by atoms with Gasteiger partial charge in [-0.3, -0.25) is 4.79 Å². The summed E-state index contributed by atoms with van der Waals surface area (Å²) in [4.78, 5) is 25.1. The van der Waals surface area contributed by atoms with Crippen LogP contribution in [0.3, 0.4) is 0 Å². The Morgan fingerprint density at radius 1 is 0.900 bits per heavy atom. The second-order valence-electron chi connectivity index (χ2n) is 8.24. The lowest BCUT2D eigenvalue weighted by Crippen LogP contribution is -2.45. The monoisotopic (exact) mass is 419 g/mol. The molecule has 1 rings (SSSR count). The Kier molecular flexibility index (Phi) is 13.7. The standard InChI is InChI=1S/C25H41NO4/c1-5-6-7-8-9-10-11-12-13-16-19-30-25(28)23(20(2)3)26-24(27)21-17-14-15-18-22(21)29-4/h14-15,17-18,20,23H,5-13,16,19H2,1-4H3,(H,26,27). The molecular weight excluding hydrogens is 378 g/mol. The molecule has 0 heterocycles. The van der Waals surface area contributed by atoms with Crippen LogP contribution in [-0.2, 0) is 9.53 Å². The van der Waals surface area contributed by atoms with E-state index in [0.29, 0.717) is 17.9 Å². The molecule has 0 aliphatic rings. The van der Waals surface area contributed by atoms with Crippen molar-refractivity contribution in [2.75, 3.05) is 13.7 Å². The molecule has 30 heavy (non-hydrogen) atoms. The number of para-hydroxylation sites is 1. The summed E-state index contributed by atoms with van der Waals surface area (Å²) >= 11 is 0. The van der Waals surface area contributed by atoms with Gasteiger partial charge >= 0.3 is 5.97 Å². The van der Waals surface area contributed by atoms with Gasteiger partial charge in [-0.05, 0) is 24.5 Å². The van der Waals surface area contributed by atoms with Gasteiger partial charge in [0, 0.05) is 0 Å². The van der Waals surface area contributed by atoms with Crippen LogP contribution < -0.4 is 10.1 Å². The lowest BCUT2D eigenvalue weighted by atomic mass is 10.0. The Morgan fingerprint density at radius 2 is 1.47 bits per heavy atom. The Hall–Kier alpha value is -2.04. The minimum absolute atomic E-state index is 0.0659. The van der Waals surface area contributed by atoms with E-state index in [-0.39, 0.29) is 17.8 Å². The largest absolute Gasteiger partial charge is 0.496 e. The van der Waals surface area contributed by atoms with Gasteiger partial charge in [-0.25, -0.2) is 4.79 Å². The van der Waals surface area contributed by atoms with E-state index < -0.39 is 6.04 Å². The molecule has 5 heteroatoms. The second-order valence-corrected chi connectivity index (χ2v) is 8.24. The highest BCUT2D eigenvalue weighted by atomic mass is 16.5. The number of carbonyl (C=O) groups is 2. The summed E-state index contributed by atoms with van der Waals surface area (Å²) in [7, 11) is 1.52. The van der Waals surface area contributed by atoms with Crippen LogP contribution in [0.15, 0.2) is 24.3 Å². The summed E-state index contributed by atoms with van der Waals surface area (Å²) in [6.07, 6.45) is 12.4. The molecule has 170 valence electrons. The van der Waals surface area contributed by atoms with Crippen molar-refractivity contribution >= 4 is 11.9 Å². The van der Waals surface area contributed by atoms with E-state index in [1.165, 1.54) is 58.5 Å². The van der Waals surface area contributed by atoms with Crippen LogP contribution in [0.2, 0.25) is 0 Å². The minimum Gasteiger partial charge on any atom is -0.496 e. The zero-order chi connectivity index (χ0) is 22.2. The highest BCUT2D eigenvalue weighted by Gasteiger charge is 2.27. The quantitative estimate of drug-likeness (QED) is 0.267. The maximum absolute atomic E-state index is 12.6. The number of methoxy groups -OCH3 is 1. The van der Waals surface area contributed by atoms with Crippen molar-refractivity contribution in [3.63, 3.8) is 0 Å². The highest BCUT2D eigenvalue weighted by Crippen LogP contribution is 2.18. The van der Waals surface area contributed by atoms with Crippen LogP contribution in [0.1, 0.15) is 95.3 Å². The number of rotatable bonds is 16. The minimum atomic E-state index is -0.675. The van der Waals surface area contributed by atoms with Crippen molar-refractivity contribution in [1.29, 1.82) is 0 Å². The van der Waals surface area contributed by atoms with Crippen LogP contribution >= 0.6 is 0 Å². The van der Waals surface area contributed by atoms with Crippen LogP contribution in [0.5, 0.6) is 5.75 Å². The molecule has 0 bridgehead atoms. The summed E-state index contributed by atoms with van der Waals surface area (Å²) in [5, 5.41) is 2.80. The number of unbranched alkanes of at least 4 members (excludes halogenated alkanes) is 9. The normalized spacial score (nSPS) is 11.9. The molecule has 0 spiro atoms. The Bertz CT molecular complexity index is 615. The van der Waals surface area contributed by atoms with Gasteiger partial charge in [0.1, 0.15) is 11.8 Å². The molecule has 0 saturated carbocycles. The molecule has 1 aromatic carbocycles. The van der Waals surface area contributed by atoms with Gasteiger partial charge in [0.15, 0.2) is 0 Å². The van der Waals surface area contributed by atoms with E-state index >= 15 is 0 Å². The van der Waals surface area contributed by atoms with Gasteiger partial charge in [-0.2, -0.15) is 0 Å². The summed E-state index contributed by atoms with van der Waals surface area (Å²) in [6, 6.07) is 6.30. The summed E-state index contributed by atoms with van der Waals surface area (Å²) in [5.41, 5.74) is 0.410. The van der Waals surface area contributed by atoms with E-state index in [1.807, 2.05) is 13.8 Å². The number of carbonyl (C=O) groups excluding carboxylic acids is 2. The first-order chi connectivity index (χ1) is 14.5. The van der Waals surface area contributed by atoms with Gasteiger partial charge in [0.25, 0.3) is 5.91 Å². The molecule has 1 amide bonds. The molecule has 0 fully saturated rings. The number of ether oxygens (including phenoxy) is 2.